The molecule has 13 heavy (non-hydrogen) atoms. The van der Waals surface area contributed by atoms with E-state index in [2.05, 4.69) is 4.74 Å². The van der Waals surface area contributed by atoms with Crippen molar-refractivity contribution in [3.8, 4) is 6.07 Å². The molecule has 0 atom stereocenters. The van der Waals surface area contributed by atoms with Crippen LogP contribution < -0.4 is 0 Å². The normalized spacial score (nSPS) is 10.2. The van der Waals surface area contributed by atoms with Crippen molar-refractivity contribution >= 4 is 18.8 Å². The van der Waals surface area contributed by atoms with Crippen LogP contribution in [0, 0.1) is 11.3 Å². The van der Waals surface area contributed by atoms with Crippen molar-refractivity contribution in [2.24, 2.45) is 0 Å². The standard InChI is InChI=1S/C5H6F3NO.2ClH.Pt/c6-5(7,8)4-10-3-1-2-9;;;/h1,3-4H2;2*1H;/q;;;+2/p-2. The van der Waals surface area contributed by atoms with Crippen molar-refractivity contribution in [2.45, 2.75) is 12.6 Å². The van der Waals surface area contributed by atoms with Crippen molar-refractivity contribution in [3.05, 3.63) is 0 Å². The number of alkyl halides is 3. The van der Waals surface area contributed by atoms with Gasteiger partial charge < -0.3 is 4.74 Å². The SMILES string of the molecule is N#CCCOCC(F)(F)F.[Cl][Pt][Cl]. The maximum atomic E-state index is 11.3. The van der Waals surface area contributed by atoms with Gasteiger partial charge in [0.1, 0.15) is 6.61 Å². The molecule has 0 heterocycles. The van der Waals surface area contributed by atoms with Crippen LogP contribution in [0.2, 0.25) is 0 Å². The van der Waals surface area contributed by atoms with Gasteiger partial charge in [-0.3, -0.25) is 0 Å². The molecule has 82 valence electrons. The summed E-state index contributed by atoms with van der Waals surface area (Å²) in [6.45, 7) is -1.43. The van der Waals surface area contributed by atoms with Crippen LogP contribution in [0.3, 0.4) is 0 Å². The summed E-state index contributed by atoms with van der Waals surface area (Å²) in [6.07, 6.45) is -4.29. The summed E-state index contributed by atoms with van der Waals surface area (Å²) in [6, 6.07) is 1.66. The number of hydrogen-bond donors (Lipinski definition) is 0. The fourth-order valence-corrected chi connectivity index (χ4v) is 0.306. The number of halogens is 5. The molecule has 2 nitrogen and oxygen atoms in total. The van der Waals surface area contributed by atoms with Crippen LogP contribution in [-0.4, -0.2) is 19.4 Å². The molecule has 0 rings (SSSR count). The molecule has 0 spiro atoms. The first-order valence-corrected chi connectivity index (χ1v) is 8.45. The van der Waals surface area contributed by atoms with Crippen molar-refractivity contribution in [1.29, 1.82) is 5.26 Å². The van der Waals surface area contributed by atoms with Gasteiger partial charge in [-0.25, -0.2) is 0 Å². The second-order valence-electron chi connectivity index (χ2n) is 1.62. The van der Waals surface area contributed by atoms with Gasteiger partial charge in [0.2, 0.25) is 0 Å². The zero-order valence-electron chi connectivity index (χ0n) is 6.18. The van der Waals surface area contributed by atoms with E-state index in [1.54, 1.807) is 6.07 Å². The van der Waals surface area contributed by atoms with Crippen LogP contribution in [-0.2, 0) is 21.2 Å². The Hall–Kier alpha value is 0.508. The van der Waals surface area contributed by atoms with E-state index >= 15 is 0 Å². The molecular formula is C5H6Cl2F3NOPt. The van der Waals surface area contributed by atoms with Gasteiger partial charge in [0, 0.05) is 0 Å². The predicted octanol–water partition coefficient (Wildman–Crippen LogP) is 2.86. The van der Waals surface area contributed by atoms with Gasteiger partial charge in [-0.15, -0.1) is 0 Å². The van der Waals surface area contributed by atoms with E-state index in [1.165, 1.54) is 0 Å². The molecule has 0 aromatic heterocycles. The van der Waals surface area contributed by atoms with E-state index in [1.807, 2.05) is 0 Å². The quantitative estimate of drug-likeness (QED) is 0.660. The van der Waals surface area contributed by atoms with Gasteiger partial charge in [0.15, 0.2) is 0 Å². The molecule has 0 aliphatic rings. The Balaban J connectivity index is 0. The molecule has 0 bridgehead atoms. The van der Waals surface area contributed by atoms with E-state index in [0.717, 1.165) is 0 Å². The Morgan fingerprint density at radius 3 is 2.15 bits per heavy atom. The second-order valence-corrected chi connectivity index (χ2v) is 4.90. The monoisotopic (exact) mass is 418 g/mol. The maximum absolute atomic E-state index is 11.3. The first-order chi connectivity index (χ1) is 5.97. The fraction of sp³-hybridized carbons (Fsp3) is 0.800. The second kappa shape index (κ2) is 10.6. The summed E-state index contributed by atoms with van der Waals surface area (Å²) in [4.78, 5) is 0. The van der Waals surface area contributed by atoms with Crippen LogP contribution in [0.1, 0.15) is 6.42 Å². The molecular weight excluding hydrogens is 413 g/mol. The van der Waals surface area contributed by atoms with Gasteiger partial charge in [0.05, 0.1) is 19.1 Å². The first-order valence-electron chi connectivity index (χ1n) is 2.81. The molecule has 0 saturated carbocycles. The third-order valence-corrected chi connectivity index (χ3v) is 0.624. The third-order valence-electron chi connectivity index (χ3n) is 0.624. The molecule has 8 heteroatoms. The summed E-state index contributed by atoms with van der Waals surface area (Å²) < 4.78 is 37.9. The Kier molecular flexibility index (Phi) is 13.0. The average molecular weight is 419 g/mol. The summed E-state index contributed by atoms with van der Waals surface area (Å²) in [5.41, 5.74) is 0. The molecule has 0 aromatic rings. The molecule has 0 radical (unpaired) electrons. The van der Waals surface area contributed by atoms with Crippen LogP contribution >= 0.6 is 18.8 Å². The number of nitriles is 1. The third kappa shape index (κ3) is 24.5. The van der Waals surface area contributed by atoms with Gasteiger partial charge in [-0.1, -0.05) is 0 Å². The summed E-state index contributed by atoms with van der Waals surface area (Å²) in [5, 5.41) is 7.88. The van der Waals surface area contributed by atoms with Crippen molar-refractivity contribution in [3.63, 3.8) is 0 Å². The average Bonchev–Trinajstić information content (AvgIpc) is 1.98. The van der Waals surface area contributed by atoms with Crippen LogP contribution in [0.5, 0.6) is 0 Å². The van der Waals surface area contributed by atoms with Gasteiger partial charge in [0.25, 0.3) is 0 Å². The van der Waals surface area contributed by atoms with E-state index in [-0.39, 0.29) is 13.0 Å². The summed E-state index contributed by atoms with van der Waals surface area (Å²) in [5.74, 6) is 0. The van der Waals surface area contributed by atoms with Gasteiger partial charge >= 0.3 is 41.5 Å². The molecule has 0 amide bonds. The fourth-order valence-electron chi connectivity index (χ4n) is 0.306. The van der Waals surface area contributed by atoms with E-state index < -0.39 is 29.3 Å². The minimum atomic E-state index is -4.28. The number of rotatable bonds is 3. The number of nitrogens with zero attached hydrogens (tertiary/aromatic N) is 1. The molecule has 0 N–H and O–H groups in total. The van der Waals surface area contributed by atoms with Crippen molar-refractivity contribution in [1.82, 2.24) is 0 Å². The first kappa shape index (κ1) is 16.0. The molecule has 0 fully saturated rings. The van der Waals surface area contributed by atoms with E-state index in [4.69, 9.17) is 24.1 Å². The minimum absolute atomic E-state index is 0.00389. The van der Waals surface area contributed by atoms with E-state index in [0.29, 0.717) is 0 Å². The Morgan fingerprint density at radius 2 is 1.85 bits per heavy atom. The molecule has 0 aliphatic heterocycles. The Morgan fingerprint density at radius 1 is 1.38 bits per heavy atom. The molecule has 0 aliphatic carbocycles. The molecule has 0 unspecified atom stereocenters. The Labute approximate surface area is 90.3 Å². The van der Waals surface area contributed by atoms with E-state index in [9.17, 15) is 13.2 Å². The summed E-state index contributed by atoms with van der Waals surface area (Å²) >= 11 is -0.472. The zero-order valence-corrected chi connectivity index (χ0v) is 9.97. The van der Waals surface area contributed by atoms with Gasteiger partial charge in [-0.2, -0.15) is 18.4 Å². The van der Waals surface area contributed by atoms with Crippen LogP contribution in [0.4, 0.5) is 13.2 Å². The van der Waals surface area contributed by atoms with Crippen LogP contribution in [0.15, 0.2) is 0 Å². The summed E-state index contributed by atoms with van der Waals surface area (Å²) in [7, 11) is 9.75. The van der Waals surface area contributed by atoms with Crippen LogP contribution in [0.25, 0.3) is 0 Å². The van der Waals surface area contributed by atoms with Crippen molar-refractivity contribution < 1.29 is 34.4 Å². The van der Waals surface area contributed by atoms with Gasteiger partial charge in [-0.05, 0) is 0 Å². The van der Waals surface area contributed by atoms with Crippen molar-refractivity contribution in [2.75, 3.05) is 13.2 Å². The number of hydrogen-bond acceptors (Lipinski definition) is 2. The molecule has 0 saturated heterocycles. The Bertz CT molecular complexity index is 150. The zero-order chi connectivity index (χ0) is 10.7. The molecule has 0 aromatic carbocycles. The predicted molar refractivity (Wildman–Crippen MR) is 38.8 cm³/mol. The number of ether oxygens (including phenoxy) is 1. The topological polar surface area (TPSA) is 33.0 Å².